The number of para-hydroxylation sites is 1. The Hall–Kier alpha value is -2.30. The second-order valence-electron chi connectivity index (χ2n) is 8.77. The number of hydrogen-bond donors (Lipinski definition) is 2. The molecule has 1 fully saturated rings. The third-order valence-corrected chi connectivity index (χ3v) is 7.15. The Balaban J connectivity index is 1.73. The number of H-pyrrole nitrogens is 1. The average Bonchev–Trinajstić information content (AvgIpc) is 3.04. The van der Waals surface area contributed by atoms with Crippen molar-refractivity contribution in [1.82, 2.24) is 9.88 Å². The Labute approximate surface area is 166 Å². The monoisotopic (exact) mass is 376 g/mol. The highest BCUT2D eigenvalue weighted by atomic mass is 16.5. The molecule has 4 heteroatoms. The van der Waals surface area contributed by atoms with E-state index in [1.165, 1.54) is 33.3 Å². The molecule has 1 aliphatic heterocycles. The highest BCUT2D eigenvalue weighted by Crippen LogP contribution is 2.51. The summed E-state index contributed by atoms with van der Waals surface area (Å²) in [5, 5.41) is 13.4. The zero-order chi connectivity index (χ0) is 19.5. The lowest BCUT2D eigenvalue weighted by atomic mass is 9.56. The van der Waals surface area contributed by atoms with Gasteiger partial charge < -0.3 is 19.7 Å². The summed E-state index contributed by atoms with van der Waals surface area (Å²) in [4.78, 5) is 5.98. The highest BCUT2D eigenvalue weighted by Gasteiger charge is 2.57. The number of β-amino-alcohol motifs (C(OH)–C–C–N with tert-alkyl or cyclic N) is 1. The second-order valence-corrected chi connectivity index (χ2v) is 8.77. The van der Waals surface area contributed by atoms with Gasteiger partial charge in [0.2, 0.25) is 0 Å². The lowest BCUT2D eigenvalue weighted by molar-refractivity contribution is -0.0972. The number of likely N-dealkylation sites (N-methyl/N-ethyl adjacent to an activating group) is 1. The maximum Gasteiger partial charge on any atom is 0.119 e. The summed E-state index contributed by atoms with van der Waals surface area (Å²) in [6.45, 7) is 3.81. The number of rotatable bonds is 2. The summed E-state index contributed by atoms with van der Waals surface area (Å²) >= 11 is 0. The van der Waals surface area contributed by atoms with Crippen molar-refractivity contribution in [3.05, 3.63) is 64.8 Å². The van der Waals surface area contributed by atoms with Crippen molar-refractivity contribution in [2.45, 2.75) is 37.2 Å². The minimum absolute atomic E-state index is 0.310. The number of fused-ring (bicyclic) bond motifs is 4. The minimum atomic E-state index is -0.807. The number of ether oxygens (including phenoxy) is 1. The van der Waals surface area contributed by atoms with E-state index in [0.29, 0.717) is 13.0 Å². The third-order valence-electron chi connectivity index (χ3n) is 7.15. The van der Waals surface area contributed by atoms with Gasteiger partial charge in [0.05, 0.1) is 12.7 Å². The van der Waals surface area contributed by atoms with E-state index in [9.17, 15) is 5.11 Å². The molecule has 1 saturated heterocycles. The van der Waals surface area contributed by atoms with Gasteiger partial charge in [-0.25, -0.2) is 0 Å². The van der Waals surface area contributed by atoms with Gasteiger partial charge >= 0.3 is 0 Å². The van der Waals surface area contributed by atoms with Crippen LogP contribution in [0.15, 0.2) is 42.5 Å². The van der Waals surface area contributed by atoms with Crippen LogP contribution >= 0.6 is 0 Å². The topological polar surface area (TPSA) is 48.5 Å². The van der Waals surface area contributed by atoms with Crippen LogP contribution in [-0.4, -0.2) is 47.8 Å². The van der Waals surface area contributed by atoms with Gasteiger partial charge in [-0.3, -0.25) is 0 Å². The van der Waals surface area contributed by atoms with E-state index in [-0.39, 0.29) is 5.41 Å². The van der Waals surface area contributed by atoms with Crippen LogP contribution in [0.5, 0.6) is 5.75 Å². The summed E-state index contributed by atoms with van der Waals surface area (Å²) in [6.07, 6.45) is 2.43. The van der Waals surface area contributed by atoms with Crippen molar-refractivity contribution < 1.29 is 9.84 Å². The SMILES string of the molecule is COc1cccc(C23CCN(C)CC2(O)Cc2c([nH]c4c(C)cccc24)C3)c1. The zero-order valence-corrected chi connectivity index (χ0v) is 16.9. The molecule has 2 aliphatic rings. The molecule has 3 aromatic rings. The Morgan fingerprint density at radius 3 is 2.79 bits per heavy atom. The zero-order valence-electron chi connectivity index (χ0n) is 16.9. The van der Waals surface area contributed by atoms with Gasteiger partial charge in [0.15, 0.2) is 0 Å². The number of aliphatic hydroxyl groups is 1. The normalized spacial score (nSPS) is 27.4. The van der Waals surface area contributed by atoms with Crippen LogP contribution in [0, 0.1) is 6.92 Å². The van der Waals surface area contributed by atoms with E-state index in [4.69, 9.17) is 4.74 Å². The number of hydrogen-bond acceptors (Lipinski definition) is 3. The quantitative estimate of drug-likeness (QED) is 0.719. The maximum atomic E-state index is 12.1. The van der Waals surface area contributed by atoms with Crippen molar-refractivity contribution in [1.29, 1.82) is 0 Å². The molecule has 0 spiro atoms. The standard InChI is InChI=1S/C24H28N2O2/c1-16-6-4-9-19-20-13-24(27)15-26(2)11-10-23(24,14-21(20)25-22(16)19)17-7-5-8-18(12-17)28-3/h4-9,12,25,27H,10-11,13-15H2,1-3H3. The molecule has 0 bridgehead atoms. The Morgan fingerprint density at radius 1 is 1.14 bits per heavy atom. The van der Waals surface area contributed by atoms with Crippen LogP contribution in [0.25, 0.3) is 10.9 Å². The molecule has 1 aromatic heterocycles. The number of likely N-dealkylation sites (tertiary alicyclic amines) is 1. The number of aryl methyl sites for hydroxylation is 1. The summed E-state index contributed by atoms with van der Waals surface area (Å²) < 4.78 is 5.51. The molecule has 0 amide bonds. The van der Waals surface area contributed by atoms with E-state index in [1.54, 1.807) is 7.11 Å². The summed E-state index contributed by atoms with van der Waals surface area (Å²) in [5.41, 5.74) is 5.10. The van der Waals surface area contributed by atoms with Gasteiger partial charge in [0, 0.05) is 41.4 Å². The van der Waals surface area contributed by atoms with E-state index in [0.717, 1.165) is 25.1 Å². The van der Waals surface area contributed by atoms with Crippen molar-refractivity contribution in [2.75, 3.05) is 27.2 Å². The molecule has 1 aliphatic carbocycles. The number of benzene rings is 2. The second kappa shape index (κ2) is 6.10. The Morgan fingerprint density at radius 2 is 1.96 bits per heavy atom. The van der Waals surface area contributed by atoms with Crippen LogP contribution in [0.1, 0.15) is 28.8 Å². The van der Waals surface area contributed by atoms with Gasteiger partial charge in [-0.1, -0.05) is 30.3 Å². The van der Waals surface area contributed by atoms with Crippen LogP contribution in [0.2, 0.25) is 0 Å². The van der Waals surface area contributed by atoms with Crippen molar-refractivity contribution in [2.24, 2.45) is 0 Å². The fourth-order valence-corrected chi connectivity index (χ4v) is 5.63. The van der Waals surface area contributed by atoms with Crippen LogP contribution in [0.4, 0.5) is 0 Å². The largest absolute Gasteiger partial charge is 0.497 e. The van der Waals surface area contributed by atoms with Gasteiger partial charge in [-0.15, -0.1) is 0 Å². The smallest absolute Gasteiger partial charge is 0.119 e. The van der Waals surface area contributed by atoms with Crippen molar-refractivity contribution >= 4 is 10.9 Å². The first-order chi connectivity index (χ1) is 13.5. The first kappa shape index (κ1) is 17.8. The van der Waals surface area contributed by atoms with Gasteiger partial charge in [0.1, 0.15) is 5.75 Å². The number of piperidine rings is 1. The summed E-state index contributed by atoms with van der Waals surface area (Å²) in [7, 11) is 3.82. The number of aromatic amines is 1. The van der Waals surface area contributed by atoms with Crippen LogP contribution in [0.3, 0.4) is 0 Å². The van der Waals surface area contributed by atoms with Crippen molar-refractivity contribution in [3.8, 4) is 5.75 Å². The number of aromatic nitrogens is 1. The predicted octanol–water partition coefficient (Wildman–Crippen LogP) is 3.59. The van der Waals surface area contributed by atoms with E-state index >= 15 is 0 Å². The molecule has 28 heavy (non-hydrogen) atoms. The van der Waals surface area contributed by atoms with Gasteiger partial charge in [-0.05, 0) is 55.8 Å². The van der Waals surface area contributed by atoms with E-state index in [1.807, 2.05) is 12.1 Å². The van der Waals surface area contributed by atoms with Crippen molar-refractivity contribution in [3.63, 3.8) is 0 Å². The predicted molar refractivity (Wildman–Crippen MR) is 112 cm³/mol. The molecule has 2 atom stereocenters. The lowest BCUT2D eigenvalue weighted by Crippen LogP contribution is -2.65. The molecular formula is C24H28N2O2. The highest BCUT2D eigenvalue weighted by molar-refractivity contribution is 5.88. The lowest BCUT2D eigenvalue weighted by Gasteiger charge is -2.56. The van der Waals surface area contributed by atoms with E-state index < -0.39 is 5.60 Å². The number of methoxy groups -OCH3 is 1. The number of nitrogens with zero attached hydrogens (tertiary/aromatic N) is 1. The molecule has 0 saturated carbocycles. The average molecular weight is 377 g/mol. The fourth-order valence-electron chi connectivity index (χ4n) is 5.63. The molecule has 2 unspecified atom stereocenters. The van der Waals surface area contributed by atoms with Crippen LogP contribution in [-0.2, 0) is 18.3 Å². The number of nitrogens with one attached hydrogen (secondary N) is 1. The molecule has 0 radical (unpaired) electrons. The molecule has 5 rings (SSSR count). The fraction of sp³-hybridized carbons (Fsp3) is 0.417. The van der Waals surface area contributed by atoms with Gasteiger partial charge in [-0.2, -0.15) is 0 Å². The first-order valence-electron chi connectivity index (χ1n) is 10.1. The molecule has 2 N–H and O–H groups in total. The third kappa shape index (κ3) is 2.38. The molecule has 4 nitrogen and oxygen atoms in total. The van der Waals surface area contributed by atoms with Gasteiger partial charge in [0.25, 0.3) is 0 Å². The molecular weight excluding hydrogens is 348 g/mol. The summed E-state index contributed by atoms with van der Waals surface area (Å²) in [6, 6.07) is 14.8. The summed E-state index contributed by atoms with van der Waals surface area (Å²) in [5.74, 6) is 0.853. The molecule has 2 aromatic carbocycles. The van der Waals surface area contributed by atoms with E-state index in [2.05, 4.69) is 54.2 Å². The Bertz CT molecular complexity index is 1060. The molecule has 2 heterocycles. The molecule has 146 valence electrons. The maximum absolute atomic E-state index is 12.1. The minimum Gasteiger partial charge on any atom is -0.497 e. The Kier molecular flexibility index (Phi) is 3.87. The van der Waals surface area contributed by atoms with Crippen LogP contribution < -0.4 is 4.74 Å². The first-order valence-corrected chi connectivity index (χ1v) is 10.1.